The van der Waals surface area contributed by atoms with Gasteiger partial charge in [-0.05, 0) is 47.7 Å². The monoisotopic (exact) mass is 578 g/mol. The standard InChI is InChI=1S/C11H14O.C10H12O.C4H9.C3H9S.HI.Li/c1-2-11(12)9-8-10-6-4-3-5-7-10;1-2-4-9(5-3-1)6-7-10-8-11-10;1-3-4-2;1-4(2)3;;/h2-7,11-12H,1,8-9H2;1-5,10H,6-8H2;1,3-4H2,2H3;1-3H3;1H;/q;;-1;+1;;+1/p-1/t11-;10-;;;;/m10..../s1. The van der Waals surface area contributed by atoms with Gasteiger partial charge in [-0.3, -0.25) is 0 Å². The van der Waals surface area contributed by atoms with E-state index in [1.165, 1.54) is 24.0 Å². The van der Waals surface area contributed by atoms with E-state index in [1.807, 2.05) is 18.2 Å². The number of aliphatic hydroxyl groups is 1. The molecule has 0 spiro atoms. The van der Waals surface area contributed by atoms with Crippen molar-refractivity contribution in [1.29, 1.82) is 0 Å². The van der Waals surface area contributed by atoms with Crippen LogP contribution in [0.1, 0.15) is 43.7 Å². The second-order valence-electron chi connectivity index (χ2n) is 7.89. The Balaban J connectivity index is -0.000000397. The number of aryl methyl sites for hydroxylation is 2. The second-order valence-corrected chi connectivity index (χ2v) is 10.3. The first-order valence-electron chi connectivity index (χ1n) is 11.2. The molecule has 1 aliphatic rings. The molecule has 1 saturated heterocycles. The zero-order chi connectivity index (χ0) is 23.3. The van der Waals surface area contributed by atoms with Gasteiger partial charge < -0.3 is 40.7 Å². The van der Waals surface area contributed by atoms with Crippen LogP contribution >= 0.6 is 0 Å². The molecule has 0 aromatic heterocycles. The summed E-state index contributed by atoms with van der Waals surface area (Å²) in [6, 6.07) is 20.7. The van der Waals surface area contributed by atoms with Crippen molar-refractivity contribution in [3.63, 3.8) is 0 Å². The van der Waals surface area contributed by atoms with Crippen molar-refractivity contribution in [3.05, 3.63) is 91.4 Å². The molecule has 1 heterocycles. The summed E-state index contributed by atoms with van der Waals surface area (Å²) in [5.41, 5.74) is 2.68. The topological polar surface area (TPSA) is 32.8 Å². The number of epoxide rings is 1. The predicted molar refractivity (Wildman–Crippen MR) is 141 cm³/mol. The van der Waals surface area contributed by atoms with Crippen LogP contribution in [0.3, 0.4) is 0 Å². The number of unbranched alkanes of at least 4 members (excludes halogenated alkanes) is 1. The van der Waals surface area contributed by atoms with Crippen LogP contribution in [-0.4, -0.2) is 42.7 Å². The van der Waals surface area contributed by atoms with E-state index in [0.29, 0.717) is 17.0 Å². The molecule has 0 aliphatic carbocycles. The van der Waals surface area contributed by atoms with Gasteiger partial charge in [0.25, 0.3) is 0 Å². The fraction of sp³-hybridized carbons (Fsp3) is 0.464. The summed E-state index contributed by atoms with van der Waals surface area (Å²) >= 11 is 0. The number of halogens is 1. The predicted octanol–water partition coefficient (Wildman–Crippen LogP) is 0.307. The first-order valence-corrected chi connectivity index (χ1v) is 13.7. The van der Waals surface area contributed by atoms with Gasteiger partial charge >= 0.3 is 18.9 Å². The van der Waals surface area contributed by atoms with Gasteiger partial charge in [-0.1, -0.05) is 80.1 Å². The molecule has 2 atom stereocenters. The quantitative estimate of drug-likeness (QED) is 0.122. The number of ether oxygens (including phenoxy) is 1. The van der Waals surface area contributed by atoms with Gasteiger partial charge in [-0.25, -0.2) is 0 Å². The van der Waals surface area contributed by atoms with Crippen LogP contribution in [0.4, 0.5) is 0 Å². The second kappa shape index (κ2) is 26.4. The van der Waals surface area contributed by atoms with Crippen molar-refractivity contribution >= 4 is 10.9 Å². The number of hydrogen-bond acceptors (Lipinski definition) is 2. The summed E-state index contributed by atoms with van der Waals surface area (Å²) in [6.45, 7) is 10.2. The molecule has 3 rings (SSSR count). The van der Waals surface area contributed by atoms with Crippen LogP contribution in [-0.2, 0) is 28.5 Å². The molecule has 0 bridgehead atoms. The Kier molecular flexibility index (Phi) is 29.8. The first kappa shape index (κ1) is 37.3. The molecule has 0 saturated carbocycles. The van der Waals surface area contributed by atoms with E-state index < -0.39 is 0 Å². The summed E-state index contributed by atoms with van der Waals surface area (Å²) in [7, 11) is 0.639. The van der Waals surface area contributed by atoms with Crippen molar-refractivity contribution in [2.45, 2.75) is 57.7 Å². The minimum atomic E-state index is -0.370. The van der Waals surface area contributed by atoms with Gasteiger partial charge in [0.1, 0.15) is 0 Å². The van der Waals surface area contributed by atoms with E-state index in [1.54, 1.807) is 6.08 Å². The summed E-state index contributed by atoms with van der Waals surface area (Å²) in [5, 5.41) is 9.20. The number of rotatable bonds is 8. The molecule has 2 nitrogen and oxygen atoms in total. The van der Waals surface area contributed by atoms with E-state index in [0.717, 1.165) is 32.3 Å². The third-order valence-electron chi connectivity index (χ3n) is 4.20. The van der Waals surface area contributed by atoms with E-state index >= 15 is 0 Å². The molecule has 1 aliphatic heterocycles. The molecule has 0 radical (unpaired) electrons. The third-order valence-corrected chi connectivity index (χ3v) is 4.20. The van der Waals surface area contributed by atoms with Crippen LogP contribution in [0.15, 0.2) is 73.3 Å². The van der Waals surface area contributed by atoms with Crippen molar-refractivity contribution < 1.29 is 52.7 Å². The molecule has 1 N–H and O–H groups in total. The molecule has 5 heteroatoms. The molecule has 0 unspecified atom stereocenters. The van der Waals surface area contributed by atoms with Crippen LogP contribution in [0.5, 0.6) is 0 Å². The first-order chi connectivity index (χ1) is 14.9. The number of hydrogen-bond donors (Lipinski definition) is 1. The SMILES string of the molecule is C=C[C@@H](O)CCc1ccccc1.C[S+](C)C.[CH2-]CCC.[I-].[Li+].c1ccc(CC[C@H]2CO2)cc1. The van der Waals surface area contributed by atoms with Gasteiger partial charge in [0.2, 0.25) is 0 Å². The van der Waals surface area contributed by atoms with Crippen molar-refractivity contribution in [2.24, 2.45) is 0 Å². The average Bonchev–Trinajstić information content (AvgIpc) is 3.62. The van der Waals surface area contributed by atoms with Gasteiger partial charge in [0.15, 0.2) is 0 Å². The maximum atomic E-state index is 9.20. The molecular formula is C28H44ILiO2S. The Bertz CT molecular complexity index is 632. The van der Waals surface area contributed by atoms with Crippen LogP contribution < -0.4 is 42.8 Å². The summed E-state index contributed by atoms with van der Waals surface area (Å²) in [4.78, 5) is 0. The normalized spacial score (nSPS) is 13.7. The Morgan fingerprint density at radius 2 is 1.42 bits per heavy atom. The zero-order valence-electron chi connectivity index (χ0n) is 21.5. The molecular weight excluding hydrogens is 534 g/mol. The van der Waals surface area contributed by atoms with Crippen molar-refractivity contribution in [3.8, 4) is 0 Å². The third kappa shape index (κ3) is 27.9. The van der Waals surface area contributed by atoms with Crippen LogP contribution in [0, 0.1) is 6.92 Å². The summed E-state index contributed by atoms with van der Waals surface area (Å²) < 4.78 is 5.13. The van der Waals surface area contributed by atoms with Gasteiger partial charge in [-0.2, -0.15) is 6.42 Å². The van der Waals surface area contributed by atoms with E-state index in [2.05, 4.69) is 81.7 Å². The van der Waals surface area contributed by atoms with Gasteiger partial charge in [-0.15, -0.1) is 6.58 Å². The largest absolute Gasteiger partial charge is 1.00 e. The number of aliphatic hydroxyl groups excluding tert-OH is 1. The Morgan fingerprint density at radius 1 is 1.03 bits per heavy atom. The molecule has 182 valence electrons. The molecule has 2 aromatic rings. The average molecular weight is 579 g/mol. The smallest absolute Gasteiger partial charge is 1.00 e. The van der Waals surface area contributed by atoms with E-state index in [4.69, 9.17) is 4.74 Å². The van der Waals surface area contributed by atoms with Crippen LogP contribution in [0.2, 0.25) is 0 Å². The van der Waals surface area contributed by atoms with E-state index in [-0.39, 0.29) is 48.9 Å². The Labute approximate surface area is 236 Å². The maximum Gasteiger partial charge on any atom is 1.00 e. The van der Waals surface area contributed by atoms with Gasteiger partial charge in [0.05, 0.1) is 37.6 Å². The fourth-order valence-corrected chi connectivity index (χ4v) is 2.28. The van der Waals surface area contributed by atoms with Crippen LogP contribution in [0.25, 0.3) is 0 Å². The van der Waals surface area contributed by atoms with Crippen molar-refractivity contribution in [2.75, 3.05) is 25.4 Å². The summed E-state index contributed by atoms with van der Waals surface area (Å²) in [6.07, 6.45) is 14.6. The number of benzene rings is 2. The minimum Gasteiger partial charge on any atom is -1.00 e. The Morgan fingerprint density at radius 3 is 1.76 bits per heavy atom. The zero-order valence-corrected chi connectivity index (χ0v) is 24.5. The molecule has 1 fully saturated rings. The molecule has 0 amide bonds. The van der Waals surface area contributed by atoms with E-state index in [9.17, 15) is 5.11 Å². The Hall–Kier alpha value is -0.223. The summed E-state index contributed by atoms with van der Waals surface area (Å²) in [5.74, 6) is 0. The van der Waals surface area contributed by atoms with Crippen molar-refractivity contribution in [1.82, 2.24) is 0 Å². The fourth-order valence-electron chi connectivity index (χ4n) is 2.28. The minimum absolute atomic E-state index is 0. The van der Waals surface area contributed by atoms with Gasteiger partial charge in [0, 0.05) is 0 Å². The molecule has 2 aromatic carbocycles. The maximum absolute atomic E-state index is 9.20. The molecule has 33 heavy (non-hydrogen) atoms.